The van der Waals surface area contributed by atoms with Crippen molar-refractivity contribution in [3.8, 4) is 5.75 Å². The van der Waals surface area contributed by atoms with Crippen LogP contribution in [0.5, 0.6) is 5.75 Å². The van der Waals surface area contributed by atoms with Crippen molar-refractivity contribution in [1.82, 2.24) is 0 Å². The topological polar surface area (TPSA) is 64.6 Å². The lowest BCUT2D eigenvalue weighted by molar-refractivity contribution is -0.113. The van der Waals surface area contributed by atoms with E-state index in [4.69, 9.17) is 32.7 Å². The minimum absolute atomic E-state index is 0.193. The predicted molar refractivity (Wildman–Crippen MR) is 73.3 cm³/mol. The molecule has 1 aromatic carbocycles. The number of methoxy groups -OCH3 is 1. The molecule has 0 aromatic heterocycles. The van der Waals surface area contributed by atoms with Gasteiger partial charge in [-0.05, 0) is 13.0 Å². The Morgan fingerprint density at radius 2 is 2.05 bits per heavy atom. The molecule has 0 spiro atoms. The van der Waals surface area contributed by atoms with E-state index in [-0.39, 0.29) is 28.8 Å². The molecule has 0 saturated carbocycles. The quantitative estimate of drug-likeness (QED) is 0.671. The summed E-state index contributed by atoms with van der Waals surface area (Å²) in [6, 6.07) is 2.82. The van der Waals surface area contributed by atoms with Crippen LogP contribution >= 0.6 is 23.2 Å². The van der Waals surface area contributed by atoms with Gasteiger partial charge in [0.15, 0.2) is 0 Å². The zero-order chi connectivity index (χ0) is 14.4. The number of halogens is 2. The van der Waals surface area contributed by atoms with E-state index < -0.39 is 11.9 Å². The lowest BCUT2D eigenvalue weighted by atomic mass is 10.1. The van der Waals surface area contributed by atoms with Gasteiger partial charge in [0.2, 0.25) is 5.91 Å². The Hall–Kier alpha value is -1.46. The molecule has 1 amide bonds. The van der Waals surface area contributed by atoms with Crippen LogP contribution in [0.3, 0.4) is 0 Å². The molecule has 0 aliphatic carbocycles. The highest BCUT2D eigenvalue weighted by molar-refractivity contribution is 6.35. The van der Waals surface area contributed by atoms with Crippen LogP contribution in [-0.2, 0) is 9.53 Å². The van der Waals surface area contributed by atoms with Crippen LogP contribution in [0.1, 0.15) is 17.3 Å². The van der Waals surface area contributed by atoms with Crippen molar-refractivity contribution in [1.29, 1.82) is 0 Å². The maximum Gasteiger partial charge on any atom is 0.341 e. The fraction of sp³-hybridized carbons (Fsp3) is 0.333. The maximum absolute atomic E-state index is 11.7. The largest absolute Gasteiger partial charge is 0.496 e. The van der Waals surface area contributed by atoms with Gasteiger partial charge in [0.1, 0.15) is 17.2 Å². The molecule has 0 heterocycles. The van der Waals surface area contributed by atoms with Gasteiger partial charge in [-0.2, -0.15) is 0 Å². The number of alkyl halides is 1. The molecule has 1 N–H and O–H groups in total. The molecule has 0 atom stereocenters. The Kier molecular flexibility index (Phi) is 5.92. The van der Waals surface area contributed by atoms with Gasteiger partial charge in [-0.25, -0.2) is 4.79 Å². The number of anilines is 1. The Morgan fingerprint density at radius 1 is 1.37 bits per heavy atom. The zero-order valence-electron chi connectivity index (χ0n) is 10.5. The predicted octanol–water partition coefficient (Wildman–Crippen LogP) is 2.70. The first-order valence-electron chi connectivity index (χ1n) is 5.44. The average molecular weight is 306 g/mol. The van der Waals surface area contributed by atoms with Crippen LogP contribution in [0.25, 0.3) is 0 Å². The third-order valence-corrected chi connectivity index (χ3v) is 2.74. The van der Waals surface area contributed by atoms with Gasteiger partial charge in [-0.1, -0.05) is 11.6 Å². The first kappa shape index (κ1) is 15.6. The molecule has 0 unspecified atom stereocenters. The minimum atomic E-state index is -0.545. The number of hydrogen-bond acceptors (Lipinski definition) is 4. The summed E-state index contributed by atoms with van der Waals surface area (Å²) in [5, 5.41) is 2.69. The highest BCUT2D eigenvalue weighted by Gasteiger charge is 2.17. The Labute approximate surface area is 120 Å². The fourth-order valence-corrected chi connectivity index (χ4v) is 1.65. The molecule has 0 bridgehead atoms. The van der Waals surface area contributed by atoms with Gasteiger partial charge in [-0.15, -0.1) is 11.6 Å². The molecule has 0 aliphatic rings. The molecule has 1 aromatic rings. The van der Waals surface area contributed by atoms with Crippen LogP contribution in [0, 0.1) is 0 Å². The second kappa shape index (κ2) is 7.21. The smallest absolute Gasteiger partial charge is 0.341 e. The van der Waals surface area contributed by atoms with Crippen molar-refractivity contribution in [2.24, 2.45) is 0 Å². The van der Waals surface area contributed by atoms with E-state index in [1.54, 1.807) is 6.92 Å². The molecule has 0 saturated heterocycles. The molecule has 0 aliphatic heterocycles. The van der Waals surface area contributed by atoms with Gasteiger partial charge in [0.05, 0.1) is 24.4 Å². The van der Waals surface area contributed by atoms with Crippen molar-refractivity contribution >= 4 is 40.8 Å². The zero-order valence-corrected chi connectivity index (χ0v) is 12.0. The van der Waals surface area contributed by atoms with Crippen LogP contribution in [0.2, 0.25) is 5.02 Å². The fourth-order valence-electron chi connectivity index (χ4n) is 1.37. The summed E-state index contributed by atoms with van der Waals surface area (Å²) < 4.78 is 9.96. The maximum atomic E-state index is 11.7. The summed E-state index contributed by atoms with van der Waals surface area (Å²) in [4.78, 5) is 22.9. The lowest BCUT2D eigenvalue weighted by Gasteiger charge is -2.12. The first-order valence-corrected chi connectivity index (χ1v) is 6.35. The van der Waals surface area contributed by atoms with E-state index in [9.17, 15) is 9.59 Å². The van der Waals surface area contributed by atoms with Crippen LogP contribution in [0.15, 0.2) is 12.1 Å². The number of nitrogens with one attached hydrogen (secondary N) is 1. The van der Waals surface area contributed by atoms with Gasteiger partial charge in [0, 0.05) is 6.07 Å². The van der Waals surface area contributed by atoms with Crippen molar-refractivity contribution in [3.63, 3.8) is 0 Å². The summed E-state index contributed by atoms with van der Waals surface area (Å²) in [6.45, 7) is 1.94. The standard InChI is InChI=1S/C12H13Cl2NO4/c1-3-19-12(17)7-4-8(14)9(5-10(7)18-2)15-11(16)6-13/h4-5H,3,6H2,1-2H3,(H,15,16). The average Bonchev–Trinajstić information content (AvgIpc) is 2.40. The summed E-state index contributed by atoms with van der Waals surface area (Å²) in [6.07, 6.45) is 0. The van der Waals surface area contributed by atoms with Crippen LogP contribution in [-0.4, -0.2) is 31.5 Å². The number of benzene rings is 1. The monoisotopic (exact) mass is 305 g/mol. The van der Waals surface area contributed by atoms with E-state index in [0.29, 0.717) is 5.69 Å². The Bertz CT molecular complexity index is 491. The Morgan fingerprint density at radius 3 is 2.58 bits per heavy atom. The van der Waals surface area contributed by atoms with Crippen molar-refractivity contribution in [2.75, 3.05) is 24.9 Å². The molecule has 0 radical (unpaired) electrons. The highest BCUT2D eigenvalue weighted by Crippen LogP contribution is 2.31. The molecule has 19 heavy (non-hydrogen) atoms. The Balaban J connectivity index is 3.13. The van der Waals surface area contributed by atoms with Crippen molar-refractivity contribution in [3.05, 3.63) is 22.7 Å². The molecule has 0 fully saturated rings. The molecule has 7 heteroatoms. The molecular formula is C12H13Cl2NO4. The lowest BCUT2D eigenvalue weighted by Crippen LogP contribution is -2.14. The minimum Gasteiger partial charge on any atom is -0.496 e. The number of amides is 1. The molecule has 104 valence electrons. The van der Waals surface area contributed by atoms with Crippen molar-refractivity contribution in [2.45, 2.75) is 6.92 Å². The third kappa shape index (κ3) is 4.01. The van der Waals surface area contributed by atoms with E-state index in [1.807, 2.05) is 0 Å². The second-order valence-electron chi connectivity index (χ2n) is 3.43. The van der Waals surface area contributed by atoms with Gasteiger partial charge in [0.25, 0.3) is 0 Å². The number of ether oxygens (including phenoxy) is 2. The van der Waals surface area contributed by atoms with E-state index >= 15 is 0 Å². The van der Waals surface area contributed by atoms with Crippen LogP contribution in [0.4, 0.5) is 5.69 Å². The summed E-state index contributed by atoms with van der Waals surface area (Å²) in [5.41, 5.74) is 0.510. The SMILES string of the molecule is CCOC(=O)c1cc(Cl)c(NC(=O)CCl)cc1OC. The van der Waals surface area contributed by atoms with Gasteiger partial charge < -0.3 is 14.8 Å². The number of rotatable bonds is 5. The summed E-state index contributed by atoms with van der Waals surface area (Å²) in [5.74, 6) is -0.892. The van der Waals surface area contributed by atoms with E-state index in [2.05, 4.69) is 5.32 Å². The van der Waals surface area contributed by atoms with E-state index in [0.717, 1.165) is 0 Å². The second-order valence-corrected chi connectivity index (χ2v) is 4.11. The summed E-state index contributed by atoms with van der Waals surface area (Å²) in [7, 11) is 1.40. The van der Waals surface area contributed by atoms with Gasteiger partial charge in [-0.3, -0.25) is 4.79 Å². The van der Waals surface area contributed by atoms with Crippen molar-refractivity contribution < 1.29 is 19.1 Å². The normalized spacial score (nSPS) is 9.89. The first-order chi connectivity index (χ1) is 9.03. The molecular weight excluding hydrogens is 293 g/mol. The third-order valence-electron chi connectivity index (χ3n) is 2.18. The number of hydrogen-bond donors (Lipinski definition) is 1. The van der Waals surface area contributed by atoms with Gasteiger partial charge >= 0.3 is 5.97 Å². The van der Waals surface area contributed by atoms with E-state index in [1.165, 1.54) is 19.2 Å². The molecule has 5 nitrogen and oxygen atoms in total. The number of esters is 1. The number of carbonyl (C=O) groups is 2. The number of carbonyl (C=O) groups excluding carboxylic acids is 2. The summed E-state index contributed by atoms with van der Waals surface area (Å²) >= 11 is 11.4. The molecule has 1 rings (SSSR count). The van der Waals surface area contributed by atoms with Crippen LogP contribution < -0.4 is 10.1 Å². The highest BCUT2D eigenvalue weighted by atomic mass is 35.5.